The molecule has 9 nitrogen and oxygen atoms in total. The van der Waals surface area contributed by atoms with E-state index in [2.05, 4.69) is 27.3 Å². The molecule has 2 unspecified atom stereocenters. The van der Waals surface area contributed by atoms with Crippen molar-refractivity contribution < 1.29 is 14.3 Å². The smallest absolute Gasteiger partial charge is 0.252 e. The summed E-state index contributed by atoms with van der Waals surface area (Å²) in [7, 11) is 0. The van der Waals surface area contributed by atoms with E-state index >= 15 is 0 Å². The molecule has 0 aliphatic carbocycles. The van der Waals surface area contributed by atoms with E-state index in [9.17, 15) is 9.59 Å². The van der Waals surface area contributed by atoms with Gasteiger partial charge in [0.1, 0.15) is 18.5 Å². The second-order valence-electron chi connectivity index (χ2n) is 6.33. The standard InChI is InChI=1S/C17H18N6O3/c1-2-9-6-13(24)22-12(9)7-26-17-14-10(3-4-19-17)5-11(15(18)25)16-20-8-21-23(14)16/h3-5,8-9,12H,2,6-7H2,1H3,(H2,18,25)(H,22,24). The summed E-state index contributed by atoms with van der Waals surface area (Å²) in [4.78, 5) is 31.8. The molecule has 2 amide bonds. The van der Waals surface area contributed by atoms with E-state index in [0.717, 1.165) is 6.42 Å². The van der Waals surface area contributed by atoms with Gasteiger partial charge in [0, 0.05) is 18.0 Å². The number of nitrogens with one attached hydrogen (secondary N) is 1. The molecule has 3 N–H and O–H groups in total. The lowest BCUT2D eigenvalue weighted by Gasteiger charge is -2.18. The number of primary amides is 1. The Balaban J connectivity index is 1.73. The topological polar surface area (TPSA) is 124 Å². The van der Waals surface area contributed by atoms with Gasteiger partial charge in [-0.1, -0.05) is 13.3 Å². The van der Waals surface area contributed by atoms with Gasteiger partial charge in [0.05, 0.1) is 11.6 Å². The fraction of sp³-hybridized carbons (Fsp3) is 0.353. The maximum absolute atomic E-state index is 11.7. The minimum Gasteiger partial charge on any atom is -0.474 e. The third-order valence-electron chi connectivity index (χ3n) is 4.77. The van der Waals surface area contributed by atoms with Crippen LogP contribution in [0.2, 0.25) is 0 Å². The van der Waals surface area contributed by atoms with Crippen molar-refractivity contribution in [2.45, 2.75) is 25.8 Å². The number of nitrogens with two attached hydrogens (primary N) is 1. The Morgan fingerprint density at radius 3 is 3.08 bits per heavy atom. The lowest BCUT2D eigenvalue weighted by atomic mass is 9.98. The first-order valence-corrected chi connectivity index (χ1v) is 8.42. The molecule has 9 heteroatoms. The van der Waals surface area contributed by atoms with Gasteiger partial charge in [-0.05, 0) is 18.1 Å². The quantitative estimate of drug-likeness (QED) is 0.694. The van der Waals surface area contributed by atoms with E-state index in [0.29, 0.717) is 35.5 Å². The lowest BCUT2D eigenvalue weighted by molar-refractivity contribution is -0.119. The van der Waals surface area contributed by atoms with Gasteiger partial charge in [-0.2, -0.15) is 5.10 Å². The summed E-state index contributed by atoms with van der Waals surface area (Å²) in [5.74, 6) is 0.0695. The molecule has 0 aromatic carbocycles. The molecule has 2 atom stereocenters. The number of pyridine rings is 2. The molecule has 0 saturated carbocycles. The third-order valence-corrected chi connectivity index (χ3v) is 4.77. The number of hydrogen-bond donors (Lipinski definition) is 2. The summed E-state index contributed by atoms with van der Waals surface area (Å²) in [6, 6.07) is 3.35. The number of carbonyl (C=O) groups excluding carboxylic acids is 2. The SMILES string of the molecule is CCC1CC(=O)NC1COc1nccc2cc(C(N)=O)c3ncnn3c12. The highest BCUT2D eigenvalue weighted by molar-refractivity contribution is 6.03. The molecule has 1 aliphatic rings. The number of nitrogens with zero attached hydrogens (tertiary/aromatic N) is 4. The monoisotopic (exact) mass is 354 g/mol. The highest BCUT2D eigenvalue weighted by Gasteiger charge is 2.31. The fourth-order valence-corrected chi connectivity index (χ4v) is 3.41. The molecular weight excluding hydrogens is 336 g/mol. The minimum absolute atomic E-state index is 0.0427. The van der Waals surface area contributed by atoms with Crippen molar-refractivity contribution in [2.24, 2.45) is 11.7 Å². The van der Waals surface area contributed by atoms with Crippen LogP contribution in [0.1, 0.15) is 30.1 Å². The Morgan fingerprint density at radius 2 is 2.31 bits per heavy atom. The van der Waals surface area contributed by atoms with Gasteiger partial charge in [0.15, 0.2) is 5.65 Å². The fourth-order valence-electron chi connectivity index (χ4n) is 3.41. The van der Waals surface area contributed by atoms with Crippen LogP contribution < -0.4 is 15.8 Å². The van der Waals surface area contributed by atoms with Crippen LogP contribution in [0.15, 0.2) is 24.7 Å². The van der Waals surface area contributed by atoms with Crippen LogP contribution in [-0.2, 0) is 4.79 Å². The molecule has 1 fully saturated rings. The highest BCUT2D eigenvalue weighted by Crippen LogP contribution is 2.27. The zero-order valence-electron chi connectivity index (χ0n) is 14.2. The van der Waals surface area contributed by atoms with Crippen LogP contribution in [-0.4, -0.2) is 44.0 Å². The van der Waals surface area contributed by atoms with Crippen LogP contribution in [0.3, 0.4) is 0 Å². The lowest BCUT2D eigenvalue weighted by Crippen LogP contribution is -2.34. The molecule has 3 aromatic heterocycles. The van der Waals surface area contributed by atoms with E-state index in [4.69, 9.17) is 10.5 Å². The summed E-state index contributed by atoms with van der Waals surface area (Å²) in [5.41, 5.74) is 6.67. The second kappa shape index (κ2) is 6.25. The molecule has 0 spiro atoms. The van der Waals surface area contributed by atoms with Crippen molar-refractivity contribution in [3.05, 3.63) is 30.2 Å². The van der Waals surface area contributed by atoms with Crippen molar-refractivity contribution in [3.8, 4) is 5.88 Å². The maximum Gasteiger partial charge on any atom is 0.252 e. The zero-order valence-corrected chi connectivity index (χ0v) is 14.2. The van der Waals surface area contributed by atoms with Crippen LogP contribution in [0.4, 0.5) is 0 Å². The van der Waals surface area contributed by atoms with Crippen molar-refractivity contribution in [1.29, 1.82) is 0 Å². The Kier molecular flexibility index (Phi) is 3.90. The largest absolute Gasteiger partial charge is 0.474 e. The zero-order chi connectivity index (χ0) is 18.3. The molecule has 0 bridgehead atoms. The number of fused-ring (bicyclic) bond motifs is 3. The maximum atomic E-state index is 11.7. The van der Waals surface area contributed by atoms with Crippen LogP contribution in [0, 0.1) is 5.92 Å². The molecule has 4 heterocycles. The molecular formula is C17H18N6O3. The van der Waals surface area contributed by atoms with Gasteiger partial charge >= 0.3 is 0 Å². The first-order chi connectivity index (χ1) is 12.6. The normalized spacial score (nSPS) is 19.8. The average Bonchev–Trinajstić information content (AvgIpc) is 3.25. The van der Waals surface area contributed by atoms with Crippen LogP contribution >= 0.6 is 0 Å². The van der Waals surface area contributed by atoms with E-state index in [1.165, 1.54) is 10.8 Å². The first kappa shape index (κ1) is 16.2. The van der Waals surface area contributed by atoms with Crippen LogP contribution in [0.25, 0.3) is 16.6 Å². The minimum atomic E-state index is -0.580. The van der Waals surface area contributed by atoms with Crippen molar-refractivity contribution in [2.75, 3.05) is 6.61 Å². The molecule has 134 valence electrons. The number of hydrogen-bond acceptors (Lipinski definition) is 6. The predicted molar refractivity (Wildman–Crippen MR) is 92.6 cm³/mol. The van der Waals surface area contributed by atoms with E-state index in [1.807, 2.05) is 0 Å². The van der Waals surface area contributed by atoms with E-state index in [-0.39, 0.29) is 23.4 Å². The van der Waals surface area contributed by atoms with Gasteiger partial charge in [-0.3, -0.25) is 9.59 Å². The number of carbonyl (C=O) groups is 2. The van der Waals surface area contributed by atoms with Gasteiger partial charge in [0.2, 0.25) is 11.8 Å². The highest BCUT2D eigenvalue weighted by atomic mass is 16.5. The number of rotatable bonds is 5. The van der Waals surface area contributed by atoms with Gasteiger partial charge in [-0.25, -0.2) is 14.5 Å². The number of ether oxygens (including phenoxy) is 1. The van der Waals surface area contributed by atoms with Crippen molar-refractivity contribution >= 4 is 28.4 Å². The van der Waals surface area contributed by atoms with Gasteiger partial charge in [0.25, 0.3) is 5.91 Å². The number of aromatic nitrogens is 4. The molecule has 3 aromatic rings. The van der Waals surface area contributed by atoms with Crippen molar-refractivity contribution in [3.63, 3.8) is 0 Å². The molecule has 1 saturated heterocycles. The summed E-state index contributed by atoms with van der Waals surface area (Å²) >= 11 is 0. The molecule has 26 heavy (non-hydrogen) atoms. The summed E-state index contributed by atoms with van der Waals surface area (Å²) in [6.45, 7) is 2.36. The molecule has 4 rings (SSSR count). The Morgan fingerprint density at radius 1 is 1.46 bits per heavy atom. The van der Waals surface area contributed by atoms with E-state index < -0.39 is 5.91 Å². The average molecular weight is 354 g/mol. The summed E-state index contributed by atoms with van der Waals surface area (Å²) in [5, 5.41) is 7.84. The first-order valence-electron chi connectivity index (χ1n) is 8.42. The molecule has 1 aliphatic heterocycles. The number of amides is 2. The predicted octanol–water partition coefficient (Wildman–Crippen LogP) is 0.670. The van der Waals surface area contributed by atoms with Crippen molar-refractivity contribution in [1.82, 2.24) is 24.9 Å². The van der Waals surface area contributed by atoms with Crippen LogP contribution in [0.5, 0.6) is 5.88 Å². The van der Waals surface area contributed by atoms with Gasteiger partial charge < -0.3 is 15.8 Å². The Bertz CT molecular complexity index is 1010. The summed E-state index contributed by atoms with van der Waals surface area (Å²) in [6.07, 6.45) is 4.35. The summed E-state index contributed by atoms with van der Waals surface area (Å²) < 4.78 is 7.43. The van der Waals surface area contributed by atoms with Gasteiger partial charge in [-0.15, -0.1) is 0 Å². The third kappa shape index (κ3) is 2.61. The Labute approximate surface area is 148 Å². The molecule has 0 radical (unpaired) electrons. The second-order valence-corrected chi connectivity index (χ2v) is 6.33. The Hall–Kier alpha value is -3.23. The van der Waals surface area contributed by atoms with E-state index in [1.54, 1.807) is 18.3 Å².